The van der Waals surface area contributed by atoms with E-state index in [2.05, 4.69) is 84.9 Å². The summed E-state index contributed by atoms with van der Waals surface area (Å²) in [5, 5.41) is 5.46. The molecule has 0 atom stereocenters. The van der Waals surface area contributed by atoms with Crippen molar-refractivity contribution in [1.82, 2.24) is 0 Å². The van der Waals surface area contributed by atoms with Gasteiger partial charge in [0.25, 0.3) is 0 Å². The molecule has 0 aliphatic carbocycles. The van der Waals surface area contributed by atoms with Gasteiger partial charge in [0, 0.05) is 0 Å². The molecule has 4 aromatic rings. The van der Waals surface area contributed by atoms with E-state index in [-0.39, 0.29) is 17.1 Å². The van der Waals surface area contributed by atoms with Gasteiger partial charge >= 0.3 is 132 Å². The van der Waals surface area contributed by atoms with Crippen LogP contribution in [0.2, 0.25) is 0 Å². The van der Waals surface area contributed by atoms with Gasteiger partial charge in [0.05, 0.1) is 0 Å². The van der Waals surface area contributed by atoms with Gasteiger partial charge in [-0.2, -0.15) is 0 Å². The van der Waals surface area contributed by atoms with E-state index in [1.54, 1.807) is 0 Å². The summed E-state index contributed by atoms with van der Waals surface area (Å²) >= 11 is 0.0335. The average Bonchev–Trinajstić information content (AvgIpc) is 2.56. The minimum absolute atomic E-state index is 0.0335. The summed E-state index contributed by atoms with van der Waals surface area (Å²) in [6.07, 6.45) is 0. The van der Waals surface area contributed by atoms with Crippen molar-refractivity contribution in [3.8, 4) is 0 Å². The van der Waals surface area contributed by atoms with Crippen LogP contribution in [0.25, 0.3) is 21.5 Å². The van der Waals surface area contributed by atoms with Crippen molar-refractivity contribution in [3.63, 3.8) is 0 Å². The second-order valence-corrected chi connectivity index (χ2v) is 7.29. The van der Waals surface area contributed by atoms with Gasteiger partial charge in [0.2, 0.25) is 0 Å². The Hall–Kier alpha value is -1.98. The van der Waals surface area contributed by atoms with Gasteiger partial charge in [0.15, 0.2) is 0 Å². The molecule has 0 spiro atoms. The summed E-state index contributed by atoms with van der Waals surface area (Å²) in [6, 6.07) is 30.7. The van der Waals surface area contributed by atoms with E-state index >= 15 is 0 Å². The Bertz CT molecular complexity index is 837. The Morgan fingerprint density at radius 1 is 0.429 bits per heavy atom. The van der Waals surface area contributed by atoms with Crippen molar-refractivity contribution < 1.29 is 17.1 Å². The van der Waals surface area contributed by atoms with Gasteiger partial charge in [-0.15, -0.1) is 0 Å². The molecule has 0 unspecified atom stereocenters. The molecule has 0 heterocycles. The molecule has 0 radical (unpaired) electrons. The van der Waals surface area contributed by atoms with Crippen LogP contribution >= 0.6 is 0 Å². The van der Waals surface area contributed by atoms with Crippen LogP contribution < -0.4 is 8.32 Å². The molecule has 0 saturated heterocycles. The van der Waals surface area contributed by atoms with Crippen LogP contribution in [-0.4, -0.2) is 0 Å². The Balaban J connectivity index is 1.87. The van der Waals surface area contributed by atoms with Gasteiger partial charge in [-0.25, -0.2) is 0 Å². The summed E-state index contributed by atoms with van der Waals surface area (Å²) in [5.41, 5.74) is 0. The van der Waals surface area contributed by atoms with E-state index in [1.807, 2.05) is 0 Å². The van der Waals surface area contributed by atoms with Crippen molar-refractivity contribution in [1.29, 1.82) is 0 Å². The van der Waals surface area contributed by atoms with E-state index < -0.39 is 0 Å². The van der Waals surface area contributed by atoms with Crippen LogP contribution in [0.5, 0.6) is 0 Å². The first-order chi connectivity index (χ1) is 10.4. The van der Waals surface area contributed by atoms with E-state index in [0.29, 0.717) is 0 Å². The van der Waals surface area contributed by atoms with Gasteiger partial charge in [0.1, 0.15) is 0 Å². The first-order valence-corrected chi connectivity index (χ1v) is 8.73. The molecular weight excluding hydrogens is 341 g/mol. The summed E-state index contributed by atoms with van der Waals surface area (Å²) in [7, 11) is 0. The van der Waals surface area contributed by atoms with Crippen LogP contribution in [0.4, 0.5) is 0 Å². The third-order valence-corrected chi connectivity index (χ3v) is 6.09. The van der Waals surface area contributed by atoms with Gasteiger partial charge in [-0.05, 0) is 0 Å². The summed E-state index contributed by atoms with van der Waals surface area (Å²) < 4.78 is 2.97. The number of benzene rings is 4. The van der Waals surface area contributed by atoms with Gasteiger partial charge < -0.3 is 0 Å². The topological polar surface area (TPSA) is 0 Å². The molecule has 21 heavy (non-hydrogen) atoms. The van der Waals surface area contributed by atoms with Crippen molar-refractivity contribution in [2.24, 2.45) is 0 Å². The SMILES string of the molecule is c1ccc2[c]([Ru][c]3cccc4ccccc34)cccc2c1. The molecule has 0 aliphatic rings. The fraction of sp³-hybridized carbons (Fsp3) is 0. The van der Waals surface area contributed by atoms with Crippen LogP contribution in [0, 0.1) is 0 Å². The Labute approximate surface area is 132 Å². The second kappa shape index (κ2) is 5.43. The fourth-order valence-electron chi connectivity index (χ4n) is 2.61. The predicted molar refractivity (Wildman–Crippen MR) is 87.2 cm³/mol. The van der Waals surface area contributed by atoms with Crippen LogP contribution in [0.3, 0.4) is 0 Å². The maximum absolute atomic E-state index is 2.28. The molecule has 102 valence electrons. The average molecular weight is 355 g/mol. The molecule has 0 fully saturated rings. The normalized spacial score (nSPS) is 11.2. The molecular formula is C20H14Ru. The maximum atomic E-state index is 2.28. The van der Waals surface area contributed by atoms with Gasteiger partial charge in [-0.3, -0.25) is 0 Å². The summed E-state index contributed by atoms with van der Waals surface area (Å²) in [5.74, 6) is 0. The molecule has 0 saturated carbocycles. The Morgan fingerprint density at radius 3 is 1.38 bits per heavy atom. The molecule has 0 amide bonds. The van der Waals surface area contributed by atoms with E-state index in [9.17, 15) is 0 Å². The standard InChI is InChI=1S/2C10H7.Ru/c2*1-2-6-10-8-4-3-7-9(10)5-1;/h2*1-7H;. The van der Waals surface area contributed by atoms with Crippen molar-refractivity contribution in [3.05, 3.63) is 84.9 Å². The zero-order valence-corrected chi connectivity index (χ0v) is 13.2. The first kappa shape index (κ1) is 12.7. The van der Waals surface area contributed by atoms with Crippen LogP contribution in [0.15, 0.2) is 84.9 Å². The fourth-order valence-corrected chi connectivity index (χ4v) is 5.00. The molecule has 0 bridgehead atoms. The second-order valence-electron chi connectivity index (χ2n) is 4.98. The number of rotatable bonds is 2. The zero-order valence-electron chi connectivity index (χ0n) is 11.4. The Morgan fingerprint density at radius 2 is 0.857 bits per heavy atom. The predicted octanol–water partition coefficient (Wildman–Crippen LogP) is 4.03. The molecule has 4 rings (SSSR count). The quantitative estimate of drug-likeness (QED) is 0.476. The molecule has 0 aliphatic heterocycles. The number of hydrogen-bond acceptors (Lipinski definition) is 0. The van der Waals surface area contributed by atoms with Crippen LogP contribution in [0.1, 0.15) is 0 Å². The first-order valence-electron chi connectivity index (χ1n) is 7.00. The molecule has 0 nitrogen and oxygen atoms in total. The summed E-state index contributed by atoms with van der Waals surface area (Å²) in [6.45, 7) is 0. The zero-order chi connectivity index (χ0) is 14.1. The van der Waals surface area contributed by atoms with Crippen molar-refractivity contribution >= 4 is 29.9 Å². The number of hydrogen-bond donors (Lipinski definition) is 0. The van der Waals surface area contributed by atoms with E-state index in [1.165, 1.54) is 29.9 Å². The van der Waals surface area contributed by atoms with Crippen molar-refractivity contribution in [2.45, 2.75) is 0 Å². The van der Waals surface area contributed by atoms with Crippen LogP contribution in [-0.2, 0) is 17.1 Å². The molecule has 4 aromatic carbocycles. The minimum atomic E-state index is 0.0335. The van der Waals surface area contributed by atoms with Gasteiger partial charge in [-0.1, -0.05) is 0 Å². The molecule has 0 aromatic heterocycles. The Kier molecular flexibility index (Phi) is 3.29. The number of fused-ring (bicyclic) bond motifs is 2. The molecule has 1 heteroatoms. The summed E-state index contributed by atoms with van der Waals surface area (Å²) in [4.78, 5) is 0. The molecule has 0 N–H and O–H groups in total. The van der Waals surface area contributed by atoms with E-state index in [4.69, 9.17) is 0 Å². The monoisotopic (exact) mass is 356 g/mol. The van der Waals surface area contributed by atoms with E-state index in [0.717, 1.165) is 0 Å². The third-order valence-electron chi connectivity index (χ3n) is 3.64. The third kappa shape index (κ3) is 2.39. The van der Waals surface area contributed by atoms with Crippen molar-refractivity contribution in [2.75, 3.05) is 0 Å².